The Labute approximate surface area is 129 Å². The molecule has 0 aliphatic rings. The van der Waals surface area contributed by atoms with E-state index in [0.717, 1.165) is 5.56 Å². The minimum atomic E-state index is -0.214. The first-order chi connectivity index (χ1) is 9.78. The van der Waals surface area contributed by atoms with Gasteiger partial charge in [-0.25, -0.2) is 5.43 Å². The van der Waals surface area contributed by atoms with Crippen LogP contribution in [0.15, 0.2) is 60.0 Å². The van der Waals surface area contributed by atoms with E-state index in [1.54, 1.807) is 35.2 Å². The van der Waals surface area contributed by atoms with E-state index in [4.69, 9.17) is 5.26 Å². The van der Waals surface area contributed by atoms with E-state index in [2.05, 4.69) is 10.5 Å². The summed E-state index contributed by atoms with van der Waals surface area (Å²) in [5, 5.41) is 12.6. The average molecular weight is 301 g/mol. The van der Waals surface area contributed by atoms with Crippen LogP contribution in [0.3, 0.4) is 0 Å². The summed E-state index contributed by atoms with van der Waals surface area (Å²) in [5.41, 5.74) is 3.76. The molecule has 0 atom stereocenters. The van der Waals surface area contributed by atoms with Gasteiger partial charge < -0.3 is 12.4 Å². The highest BCUT2D eigenvalue weighted by atomic mass is 35.5. The van der Waals surface area contributed by atoms with Crippen LogP contribution in [0.5, 0.6) is 0 Å². The number of nitriles is 1. The zero-order valence-corrected chi connectivity index (χ0v) is 11.9. The number of rotatable bonds is 4. The molecule has 0 aliphatic carbocycles. The van der Waals surface area contributed by atoms with Crippen molar-refractivity contribution in [2.45, 2.75) is 6.54 Å². The van der Waals surface area contributed by atoms with Crippen molar-refractivity contribution in [1.82, 2.24) is 5.43 Å². The van der Waals surface area contributed by atoms with Gasteiger partial charge in [0.05, 0.1) is 17.8 Å². The molecule has 0 saturated heterocycles. The molecule has 0 spiro atoms. The summed E-state index contributed by atoms with van der Waals surface area (Å²) in [7, 11) is 0. The Bertz CT molecular complexity index is 665. The molecule has 0 saturated carbocycles. The smallest absolute Gasteiger partial charge is 0.305 e. The number of carbonyl (C=O) groups is 1. The van der Waals surface area contributed by atoms with Crippen LogP contribution in [0.4, 0.5) is 0 Å². The maximum absolute atomic E-state index is 11.6. The van der Waals surface area contributed by atoms with Crippen LogP contribution in [0.25, 0.3) is 0 Å². The van der Waals surface area contributed by atoms with Crippen molar-refractivity contribution in [1.29, 1.82) is 5.26 Å². The fraction of sp³-hybridized carbons (Fsp3) is 0.0667. The highest BCUT2D eigenvalue weighted by Gasteiger charge is 2.06. The monoisotopic (exact) mass is 300 g/mol. The first kappa shape index (κ1) is 16.3. The maximum atomic E-state index is 11.6. The lowest BCUT2D eigenvalue weighted by Gasteiger charge is -1.97. The lowest BCUT2D eigenvalue weighted by atomic mass is 10.1. The van der Waals surface area contributed by atoms with Crippen LogP contribution in [-0.2, 0) is 11.3 Å². The van der Waals surface area contributed by atoms with Gasteiger partial charge in [-0.3, -0.25) is 4.79 Å². The molecule has 1 aromatic heterocycles. The van der Waals surface area contributed by atoms with E-state index in [1.165, 1.54) is 6.21 Å². The molecule has 1 amide bonds. The number of aromatic nitrogens is 1. The first-order valence-corrected chi connectivity index (χ1v) is 6.04. The molecule has 1 N–H and O–H groups in total. The topological polar surface area (TPSA) is 69.1 Å². The van der Waals surface area contributed by atoms with Gasteiger partial charge in [-0.05, 0) is 17.7 Å². The lowest BCUT2D eigenvalue weighted by Crippen LogP contribution is -3.00. The highest BCUT2D eigenvalue weighted by molar-refractivity contribution is 5.82. The highest BCUT2D eigenvalue weighted by Crippen LogP contribution is 2.00. The van der Waals surface area contributed by atoms with Gasteiger partial charge in [0.2, 0.25) is 6.54 Å². The van der Waals surface area contributed by atoms with E-state index >= 15 is 0 Å². The fourth-order valence-electron chi connectivity index (χ4n) is 1.61. The Morgan fingerprint density at radius 1 is 1.29 bits per heavy atom. The van der Waals surface area contributed by atoms with Crippen molar-refractivity contribution in [3.8, 4) is 6.07 Å². The average Bonchev–Trinajstić information content (AvgIpc) is 2.48. The van der Waals surface area contributed by atoms with E-state index in [9.17, 15) is 4.79 Å². The van der Waals surface area contributed by atoms with E-state index in [1.807, 2.05) is 30.3 Å². The summed E-state index contributed by atoms with van der Waals surface area (Å²) < 4.78 is 1.75. The summed E-state index contributed by atoms with van der Waals surface area (Å²) in [4.78, 5) is 11.6. The van der Waals surface area contributed by atoms with E-state index in [0.29, 0.717) is 5.56 Å². The molecule has 6 heteroatoms. The van der Waals surface area contributed by atoms with Crippen molar-refractivity contribution in [2.24, 2.45) is 5.10 Å². The number of amides is 1. The molecular weight excluding hydrogens is 288 g/mol. The largest absolute Gasteiger partial charge is 1.00 e. The summed E-state index contributed by atoms with van der Waals surface area (Å²) in [6.07, 6.45) is 5.12. The molecule has 106 valence electrons. The Morgan fingerprint density at radius 3 is 2.76 bits per heavy atom. The zero-order valence-electron chi connectivity index (χ0n) is 11.1. The van der Waals surface area contributed by atoms with Gasteiger partial charge in [-0.15, -0.1) is 0 Å². The number of hydrogen-bond donors (Lipinski definition) is 1. The molecule has 0 bridgehead atoms. The van der Waals surface area contributed by atoms with Crippen LogP contribution in [0, 0.1) is 11.3 Å². The van der Waals surface area contributed by atoms with Gasteiger partial charge >= 0.3 is 5.91 Å². The predicted octanol–water partition coefficient (Wildman–Crippen LogP) is -2.00. The molecule has 0 aliphatic heterocycles. The standard InChI is InChI=1S/C15H12N4O.ClH/c16-10-13-5-4-6-14(9-13)11-17-18-15(20)12-19-7-2-1-3-8-19;/h1-9,11H,12H2;1H/b17-11+;. The SMILES string of the molecule is N#Cc1cccc(/C=N/NC(=O)C[n+]2ccccc2)c1.[Cl-]. The Kier molecular flexibility index (Phi) is 6.58. The number of hydrazone groups is 1. The van der Waals surface area contributed by atoms with Gasteiger partial charge in [-0.2, -0.15) is 14.9 Å². The second kappa shape index (κ2) is 8.46. The van der Waals surface area contributed by atoms with E-state index < -0.39 is 0 Å². The molecule has 21 heavy (non-hydrogen) atoms. The minimum absolute atomic E-state index is 0. The van der Waals surface area contributed by atoms with Crippen LogP contribution < -0.4 is 22.4 Å². The Balaban J connectivity index is 0.00000220. The fourth-order valence-corrected chi connectivity index (χ4v) is 1.61. The number of nitrogens with one attached hydrogen (secondary N) is 1. The van der Waals surface area contributed by atoms with Gasteiger partial charge in [-0.1, -0.05) is 18.2 Å². The number of benzene rings is 1. The second-order valence-corrected chi connectivity index (χ2v) is 4.08. The van der Waals surface area contributed by atoms with Crippen LogP contribution in [-0.4, -0.2) is 12.1 Å². The minimum Gasteiger partial charge on any atom is -1.00 e. The quantitative estimate of drug-likeness (QED) is 0.403. The summed E-state index contributed by atoms with van der Waals surface area (Å²) in [6, 6.07) is 14.6. The molecule has 0 fully saturated rings. The number of pyridine rings is 1. The number of carbonyl (C=O) groups excluding carboxylic acids is 1. The van der Waals surface area contributed by atoms with E-state index in [-0.39, 0.29) is 24.9 Å². The maximum Gasteiger partial charge on any atom is 0.305 e. The third-order valence-electron chi connectivity index (χ3n) is 2.52. The number of nitrogens with zero attached hydrogens (tertiary/aromatic N) is 3. The molecular formula is C15H13ClN4O. The summed E-state index contributed by atoms with van der Waals surface area (Å²) in [5.74, 6) is -0.214. The van der Waals surface area contributed by atoms with Crippen molar-refractivity contribution >= 4 is 12.1 Å². The number of hydrogen-bond acceptors (Lipinski definition) is 3. The molecule has 1 heterocycles. The van der Waals surface area contributed by atoms with Crippen molar-refractivity contribution in [3.63, 3.8) is 0 Å². The lowest BCUT2D eigenvalue weighted by molar-refractivity contribution is -0.684. The molecule has 1 aromatic carbocycles. The third kappa shape index (κ3) is 5.43. The zero-order chi connectivity index (χ0) is 14.2. The summed E-state index contributed by atoms with van der Waals surface area (Å²) in [6.45, 7) is 0.205. The molecule has 0 radical (unpaired) electrons. The van der Waals surface area contributed by atoms with Gasteiger partial charge in [0.25, 0.3) is 0 Å². The Hall–Kier alpha value is -2.71. The van der Waals surface area contributed by atoms with Crippen LogP contribution in [0.1, 0.15) is 11.1 Å². The Morgan fingerprint density at radius 2 is 2.05 bits per heavy atom. The second-order valence-electron chi connectivity index (χ2n) is 4.08. The van der Waals surface area contributed by atoms with Gasteiger partial charge in [0, 0.05) is 12.1 Å². The molecule has 5 nitrogen and oxygen atoms in total. The summed E-state index contributed by atoms with van der Waals surface area (Å²) >= 11 is 0. The van der Waals surface area contributed by atoms with Gasteiger partial charge in [0.15, 0.2) is 12.4 Å². The predicted molar refractivity (Wildman–Crippen MR) is 73.5 cm³/mol. The van der Waals surface area contributed by atoms with Gasteiger partial charge in [0.1, 0.15) is 0 Å². The van der Waals surface area contributed by atoms with Crippen molar-refractivity contribution in [2.75, 3.05) is 0 Å². The molecule has 2 rings (SSSR count). The van der Waals surface area contributed by atoms with Crippen molar-refractivity contribution in [3.05, 3.63) is 66.0 Å². The van der Waals surface area contributed by atoms with Crippen LogP contribution >= 0.6 is 0 Å². The molecule has 2 aromatic rings. The molecule has 0 unspecified atom stereocenters. The first-order valence-electron chi connectivity index (χ1n) is 6.04. The van der Waals surface area contributed by atoms with Crippen LogP contribution in [0.2, 0.25) is 0 Å². The number of halogens is 1. The third-order valence-corrected chi connectivity index (χ3v) is 2.52. The normalized spacial score (nSPS) is 9.67. The van der Waals surface area contributed by atoms with Crippen molar-refractivity contribution < 1.29 is 21.8 Å².